The van der Waals surface area contributed by atoms with E-state index in [0.717, 1.165) is 30.6 Å². The zero-order chi connectivity index (χ0) is 16.4. The molecule has 0 saturated carbocycles. The smallest absolute Gasteiger partial charge is 0.287 e. The van der Waals surface area contributed by atoms with Crippen LogP contribution in [0.25, 0.3) is 11.0 Å². The molecule has 3 rings (SSSR count). The molecule has 124 valence electrons. The van der Waals surface area contributed by atoms with Gasteiger partial charge in [0, 0.05) is 18.5 Å². The summed E-state index contributed by atoms with van der Waals surface area (Å²) in [6, 6.07) is 7.98. The fourth-order valence-corrected chi connectivity index (χ4v) is 3.04. The van der Waals surface area contributed by atoms with Crippen LogP contribution in [0.4, 0.5) is 0 Å². The maximum absolute atomic E-state index is 12.2. The Bertz CT molecular complexity index is 691. The quantitative estimate of drug-likeness (QED) is 0.938. The summed E-state index contributed by atoms with van der Waals surface area (Å²) >= 11 is 0. The summed E-state index contributed by atoms with van der Waals surface area (Å²) in [5.74, 6) is 0.269. The van der Waals surface area contributed by atoms with E-state index in [1.165, 1.54) is 18.4 Å². The molecule has 0 unspecified atom stereocenters. The molecule has 1 amide bonds. The number of carbonyl (C=O) groups is 1. The number of rotatable bonds is 4. The maximum Gasteiger partial charge on any atom is 0.287 e. The molecule has 1 aliphatic rings. The van der Waals surface area contributed by atoms with Crippen LogP contribution >= 0.6 is 0 Å². The van der Waals surface area contributed by atoms with Gasteiger partial charge in [0.15, 0.2) is 5.76 Å². The van der Waals surface area contributed by atoms with Gasteiger partial charge in [0.1, 0.15) is 5.58 Å². The van der Waals surface area contributed by atoms with Crippen LogP contribution in [0.5, 0.6) is 0 Å². The lowest BCUT2D eigenvalue weighted by atomic mass is 9.86. The SMILES string of the molecule is CC(C)(C)c1ccc2oc(C(=O)NCCN3CCCC3)cc2c1. The Morgan fingerprint density at radius 3 is 2.65 bits per heavy atom. The topological polar surface area (TPSA) is 45.5 Å². The van der Waals surface area contributed by atoms with Crippen molar-refractivity contribution in [3.8, 4) is 0 Å². The summed E-state index contributed by atoms with van der Waals surface area (Å²) in [4.78, 5) is 14.6. The molecule has 2 aromatic rings. The Morgan fingerprint density at radius 2 is 1.96 bits per heavy atom. The van der Waals surface area contributed by atoms with E-state index in [1.807, 2.05) is 12.1 Å². The summed E-state index contributed by atoms with van der Waals surface area (Å²) < 4.78 is 5.69. The van der Waals surface area contributed by atoms with Crippen LogP contribution in [0.1, 0.15) is 49.7 Å². The molecule has 2 heterocycles. The normalized spacial score (nSPS) is 16.1. The van der Waals surface area contributed by atoms with Gasteiger partial charge < -0.3 is 14.6 Å². The van der Waals surface area contributed by atoms with Gasteiger partial charge in [0.2, 0.25) is 0 Å². The second-order valence-corrected chi connectivity index (χ2v) is 7.42. The largest absolute Gasteiger partial charge is 0.451 e. The van der Waals surface area contributed by atoms with Crippen molar-refractivity contribution in [1.29, 1.82) is 0 Å². The number of likely N-dealkylation sites (tertiary alicyclic amines) is 1. The molecule has 0 radical (unpaired) electrons. The third-order valence-corrected chi connectivity index (χ3v) is 4.52. The number of hydrogen-bond acceptors (Lipinski definition) is 3. The predicted molar refractivity (Wildman–Crippen MR) is 92.9 cm³/mol. The Labute approximate surface area is 137 Å². The first kappa shape index (κ1) is 16.1. The van der Waals surface area contributed by atoms with E-state index in [0.29, 0.717) is 12.3 Å². The van der Waals surface area contributed by atoms with Crippen LogP contribution in [-0.2, 0) is 5.41 Å². The van der Waals surface area contributed by atoms with Gasteiger partial charge in [0.05, 0.1) is 0 Å². The molecule has 1 fully saturated rings. The molecule has 23 heavy (non-hydrogen) atoms. The third-order valence-electron chi connectivity index (χ3n) is 4.52. The minimum Gasteiger partial charge on any atom is -0.451 e. The Morgan fingerprint density at radius 1 is 1.22 bits per heavy atom. The van der Waals surface area contributed by atoms with Crippen LogP contribution in [0.3, 0.4) is 0 Å². The Kier molecular flexibility index (Phi) is 4.44. The highest BCUT2D eigenvalue weighted by Gasteiger charge is 2.17. The molecule has 4 nitrogen and oxygen atoms in total. The first-order chi connectivity index (χ1) is 10.9. The fraction of sp³-hybridized carbons (Fsp3) is 0.526. The van der Waals surface area contributed by atoms with E-state index in [9.17, 15) is 4.79 Å². The van der Waals surface area contributed by atoms with Crippen molar-refractivity contribution in [1.82, 2.24) is 10.2 Å². The molecule has 0 atom stereocenters. The minimum atomic E-state index is -0.127. The number of benzene rings is 1. The van der Waals surface area contributed by atoms with Crippen LogP contribution in [0.15, 0.2) is 28.7 Å². The van der Waals surface area contributed by atoms with E-state index >= 15 is 0 Å². The molecule has 0 bridgehead atoms. The van der Waals surface area contributed by atoms with Gasteiger partial charge in [-0.2, -0.15) is 0 Å². The van der Waals surface area contributed by atoms with Gasteiger partial charge in [-0.05, 0) is 55.1 Å². The van der Waals surface area contributed by atoms with Gasteiger partial charge >= 0.3 is 0 Å². The monoisotopic (exact) mass is 314 g/mol. The Balaban J connectivity index is 1.66. The van der Waals surface area contributed by atoms with Crippen molar-refractivity contribution in [3.05, 3.63) is 35.6 Å². The fourth-order valence-electron chi connectivity index (χ4n) is 3.04. The lowest BCUT2D eigenvalue weighted by Gasteiger charge is -2.18. The average Bonchev–Trinajstić information content (AvgIpc) is 3.14. The number of nitrogens with one attached hydrogen (secondary N) is 1. The van der Waals surface area contributed by atoms with Crippen molar-refractivity contribution in [2.24, 2.45) is 0 Å². The van der Waals surface area contributed by atoms with E-state index in [-0.39, 0.29) is 11.3 Å². The first-order valence-electron chi connectivity index (χ1n) is 8.48. The molecule has 1 aliphatic heterocycles. The van der Waals surface area contributed by atoms with Gasteiger partial charge in [-0.15, -0.1) is 0 Å². The molecular formula is C19H26N2O2. The van der Waals surface area contributed by atoms with Crippen molar-refractivity contribution in [2.75, 3.05) is 26.2 Å². The van der Waals surface area contributed by atoms with Crippen LogP contribution in [0.2, 0.25) is 0 Å². The van der Waals surface area contributed by atoms with Crippen LogP contribution < -0.4 is 5.32 Å². The summed E-state index contributed by atoms with van der Waals surface area (Å²) in [6.45, 7) is 10.4. The number of carbonyl (C=O) groups excluding carboxylic acids is 1. The number of nitrogens with zero attached hydrogens (tertiary/aromatic N) is 1. The van der Waals surface area contributed by atoms with Gasteiger partial charge in [0.25, 0.3) is 5.91 Å². The lowest BCUT2D eigenvalue weighted by Crippen LogP contribution is -2.33. The first-order valence-corrected chi connectivity index (χ1v) is 8.48. The van der Waals surface area contributed by atoms with Crippen molar-refractivity contribution in [3.63, 3.8) is 0 Å². The van der Waals surface area contributed by atoms with Crippen molar-refractivity contribution in [2.45, 2.75) is 39.0 Å². The molecule has 1 aromatic heterocycles. The van der Waals surface area contributed by atoms with Gasteiger partial charge in [-0.1, -0.05) is 26.8 Å². The standard InChI is InChI=1S/C19H26N2O2/c1-19(2,3)15-6-7-16-14(12-15)13-17(23-16)18(22)20-8-11-21-9-4-5-10-21/h6-7,12-13H,4-5,8-11H2,1-3H3,(H,20,22). The minimum absolute atomic E-state index is 0.0869. The number of furan rings is 1. The van der Waals surface area contributed by atoms with Gasteiger partial charge in [-0.25, -0.2) is 0 Å². The summed E-state index contributed by atoms with van der Waals surface area (Å²) in [6.07, 6.45) is 2.54. The lowest BCUT2D eigenvalue weighted by molar-refractivity contribution is 0.0924. The highest BCUT2D eigenvalue weighted by Crippen LogP contribution is 2.27. The summed E-state index contributed by atoms with van der Waals surface area (Å²) in [7, 11) is 0. The average molecular weight is 314 g/mol. The predicted octanol–water partition coefficient (Wildman–Crippen LogP) is 3.56. The number of hydrogen-bond donors (Lipinski definition) is 1. The summed E-state index contributed by atoms with van der Waals surface area (Å²) in [5, 5.41) is 3.95. The molecule has 1 aromatic carbocycles. The molecule has 0 spiro atoms. The maximum atomic E-state index is 12.2. The molecule has 0 aliphatic carbocycles. The van der Waals surface area contributed by atoms with E-state index in [1.54, 1.807) is 0 Å². The molecule has 4 heteroatoms. The van der Waals surface area contributed by atoms with Gasteiger partial charge in [-0.3, -0.25) is 4.79 Å². The zero-order valence-electron chi connectivity index (χ0n) is 14.3. The second kappa shape index (κ2) is 6.36. The number of fused-ring (bicyclic) bond motifs is 1. The van der Waals surface area contributed by atoms with Crippen LogP contribution in [0, 0.1) is 0 Å². The highest BCUT2D eigenvalue weighted by molar-refractivity contribution is 5.96. The summed E-state index contributed by atoms with van der Waals surface area (Å²) in [5.41, 5.74) is 2.10. The van der Waals surface area contributed by atoms with E-state index < -0.39 is 0 Å². The Hall–Kier alpha value is -1.81. The van der Waals surface area contributed by atoms with Crippen molar-refractivity contribution >= 4 is 16.9 Å². The third kappa shape index (κ3) is 3.75. The molecule has 1 N–H and O–H groups in total. The molecule has 1 saturated heterocycles. The zero-order valence-corrected chi connectivity index (χ0v) is 14.3. The van der Waals surface area contributed by atoms with Crippen LogP contribution in [-0.4, -0.2) is 37.0 Å². The number of amides is 1. The highest BCUT2D eigenvalue weighted by atomic mass is 16.3. The molecular weight excluding hydrogens is 288 g/mol. The second-order valence-electron chi connectivity index (χ2n) is 7.42. The van der Waals surface area contributed by atoms with E-state index in [4.69, 9.17) is 4.42 Å². The van der Waals surface area contributed by atoms with E-state index in [2.05, 4.69) is 43.1 Å². The van der Waals surface area contributed by atoms with Crippen molar-refractivity contribution < 1.29 is 9.21 Å².